The molecule has 0 bridgehead atoms. The first kappa shape index (κ1) is 45.7. The third-order valence-corrected chi connectivity index (χ3v) is 9.99. The molecular formula is C39H50N9O10P. The molecule has 316 valence electrons. The van der Waals surface area contributed by atoms with Gasteiger partial charge in [-0.3, -0.25) is 43.3 Å². The number of amides is 7. The minimum atomic E-state index is -1.68. The highest BCUT2D eigenvalue weighted by atomic mass is 31.0. The molecule has 20 heteroatoms. The Kier molecular flexibility index (Phi) is 16.7. The van der Waals surface area contributed by atoms with E-state index < -0.39 is 90.0 Å². The Morgan fingerprint density at radius 2 is 1.51 bits per heavy atom. The van der Waals surface area contributed by atoms with E-state index >= 15 is 0 Å². The zero-order chi connectivity index (χ0) is 43.1. The molecule has 59 heavy (non-hydrogen) atoms. The van der Waals surface area contributed by atoms with Crippen LogP contribution < -0.4 is 38.5 Å². The van der Waals surface area contributed by atoms with Gasteiger partial charge < -0.3 is 52.6 Å². The van der Waals surface area contributed by atoms with Crippen LogP contribution in [-0.2, 0) is 60.5 Å². The van der Waals surface area contributed by atoms with E-state index in [0.29, 0.717) is 5.56 Å². The Morgan fingerprint density at radius 3 is 2.15 bits per heavy atom. The number of nitrogens with two attached hydrogens (primary N) is 3. The number of rotatable bonds is 20. The largest absolute Gasteiger partial charge is 0.452 e. The van der Waals surface area contributed by atoms with Gasteiger partial charge in [0.2, 0.25) is 41.4 Å². The highest BCUT2D eigenvalue weighted by Gasteiger charge is 2.44. The first-order valence-corrected chi connectivity index (χ1v) is 19.2. The number of likely N-dealkylation sites (N-methyl/N-ethyl adjacent to an activating group) is 1. The lowest BCUT2D eigenvalue weighted by molar-refractivity contribution is -0.141. The van der Waals surface area contributed by atoms with E-state index in [-0.39, 0.29) is 51.7 Å². The molecule has 4 rings (SSSR count). The molecule has 1 aliphatic heterocycles. The zero-order valence-corrected chi connectivity index (χ0v) is 33.7. The van der Waals surface area contributed by atoms with Gasteiger partial charge in [0.15, 0.2) is 0 Å². The molecule has 0 aliphatic carbocycles. The lowest BCUT2D eigenvalue weighted by atomic mass is 9.87. The summed E-state index contributed by atoms with van der Waals surface area (Å²) in [5.41, 5.74) is 16.8. The SMILES string of the molecule is CN(CC(N)=O)C(=O)[C@H](Cc1cccnc1)NC(=O)[C@H](CC(N)=O)NC(=O)[C@H](CCC(=O)OP)NC(=O)C1(NC(=O)[C@@H](N)Cc2ccc3ccccc3c2)CCOCC1. The Balaban J connectivity index is 1.54. The van der Waals surface area contributed by atoms with Crippen molar-refractivity contribution in [3.05, 3.63) is 78.1 Å². The van der Waals surface area contributed by atoms with Gasteiger partial charge in [-0.15, -0.1) is 0 Å². The molecule has 7 amide bonds. The summed E-state index contributed by atoms with van der Waals surface area (Å²) >= 11 is 0. The van der Waals surface area contributed by atoms with E-state index in [9.17, 15) is 38.4 Å². The molecular weight excluding hydrogens is 785 g/mol. The number of hydrogen-bond donors (Lipinski definition) is 7. The number of aromatic nitrogens is 1. The quantitative estimate of drug-likeness (QED) is 0.0634. The first-order valence-electron chi connectivity index (χ1n) is 18.8. The second-order valence-electron chi connectivity index (χ2n) is 14.2. The molecule has 0 radical (unpaired) electrons. The summed E-state index contributed by atoms with van der Waals surface area (Å²) in [7, 11) is 3.09. The second-order valence-corrected chi connectivity index (χ2v) is 14.5. The zero-order valence-electron chi connectivity index (χ0n) is 32.5. The maximum Gasteiger partial charge on any atom is 0.308 e. The third-order valence-electron chi connectivity index (χ3n) is 9.72. The predicted octanol–water partition coefficient (Wildman–Crippen LogP) is -1.60. The van der Waals surface area contributed by atoms with E-state index in [0.717, 1.165) is 21.2 Å². The minimum Gasteiger partial charge on any atom is -0.452 e. The van der Waals surface area contributed by atoms with Crippen LogP contribution in [0.4, 0.5) is 0 Å². The molecule has 1 fully saturated rings. The molecule has 1 unspecified atom stereocenters. The number of nitrogens with zero attached hydrogens (tertiary/aromatic N) is 2. The fraction of sp³-hybridized carbons (Fsp3) is 0.410. The number of carbonyl (C=O) groups excluding carboxylic acids is 8. The third kappa shape index (κ3) is 13.5. The Bertz CT molecular complexity index is 2010. The summed E-state index contributed by atoms with van der Waals surface area (Å²) in [4.78, 5) is 110. The van der Waals surface area contributed by atoms with Crippen molar-refractivity contribution in [3.8, 4) is 0 Å². The van der Waals surface area contributed by atoms with Gasteiger partial charge in [0.25, 0.3) is 0 Å². The normalized spacial score (nSPS) is 15.3. The van der Waals surface area contributed by atoms with Crippen LogP contribution >= 0.6 is 9.47 Å². The average molecular weight is 836 g/mol. The van der Waals surface area contributed by atoms with E-state index in [4.69, 9.17) is 21.9 Å². The molecule has 1 aromatic heterocycles. The van der Waals surface area contributed by atoms with Gasteiger partial charge in [0, 0.05) is 58.3 Å². The van der Waals surface area contributed by atoms with Gasteiger partial charge in [0.1, 0.15) is 23.7 Å². The standard InChI is InChI=1S/C39H50N9O10P/c1-48(22-32(42)50)37(55)30(19-24-5-4-14-43-21-24)45-36(54)29(20-31(41)49)44-35(53)28(10-11-33(51)58-59)46-38(56)39(12-15-57-16-13-39)47-34(52)27(40)18-23-8-9-25-6-2-3-7-26(25)17-23/h2-9,14,17,21,27-30H,10-13,15-16,18-20,22,40,59H2,1H3,(H2,41,49)(H2,42,50)(H,44,53)(H,45,54)(H,46,56)(H,47,52)/t27-,28-,29-,30-/m0/s1. The molecule has 0 saturated carbocycles. The lowest BCUT2D eigenvalue weighted by Crippen LogP contribution is -2.66. The number of pyridine rings is 1. The van der Waals surface area contributed by atoms with Gasteiger partial charge in [-0.25, -0.2) is 0 Å². The average Bonchev–Trinajstić information content (AvgIpc) is 3.21. The number of ether oxygens (including phenoxy) is 1. The number of nitrogens with one attached hydrogen (secondary N) is 4. The van der Waals surface area contributed by atoms with Crippen LogP contribution in [0.3, 0.4) is 0 Å². The minimum absolute atomic E-state index is 0.0124. The molecule has 19 nitrogen and oxygen atoms in total. The monoisotopic (exact) mass is 835 g/mol. The number of carbonyl (C=O) groups is 8. The molecule has 1 aliphatic rings. The number of primary amides is 2. The van der Waals surface area contributed by atoms with Crippen molar-refractivity contribution >= 4 is 67.6 Å². The second kappa shape index (κ2) is 21.6. The van der Waals surface area contributed by atoms with Crippen molar-refractivity contribution in [2.45, 2.75) is 74.7 Å². The fourth-order valence-electron chi connectivity index (χ4n) is 6.54. The number of hydrogen-bond acceptors (Lipinski definition) is 12. The molecule has 2 heterocycles. The smallest absolute Gasteiger partial charge is 0.308 e. The fourth-order valence-corrected chi connectivity index (χ4v) is 6.66. The Morgan fingerprint density at radius 1 is 0.831 bits per heavy atom. The molecule has 10 N–H and O–H groups in total. The summed E-state index contributed by atoms with van der Waals surface area (Å²) in [5.74, 6) is -6.70. The van der Waals surface area contributed by atoms with Crippen LogP contribution in [0, 0.1) is 0 Å². The highest BCUT2D eigenvalue weighted by molar-refractivity contribution is 7.10. The van der Waals surface area contributed by atoms with Crippen molar-refractivity contribution in [1.82, 2.24) is 31.2 Å². The van der Waals surface area contributed by atoms with Gasteiger partial charge in [-0.2, -0.15) is 0 Å². The highest BCUT2D eigenvalue weighted by Crippen LogP contribution is 2.23. The molecule has 5 atom stereocenters. The van der Waals surface area contributed by atoms with Crippen LogP contribution in [0.25, 0.3) is 10.8 Å². The number of benzene rings is 2. The van der Waals surface area contributed by atoms with Crippen LogP contribution in [-0.4, -0.2) is 114 Å². The Hall–Kier alpha value is -6.04. The van der Waals surface area contributed by atoms with Gasteiger partial charge in [-0.05, 0) is 40.8 Å². The maximum atomic E-state index is 14.2. The van der Waals surface area contributed by atoms with Crippen LogP contribution in [0.15, 0.2) is 67.0 Å². The van der Waals surface area contributed by atoms with Crippen molar-refractivity contribution in [2.75, 3.05) is 26.8 Å². The Labute approximate surface area is 342 Å². The predicted molar refractivity (Wildman–Crippen MR) is 216 cm³/mol. The molecule has 0 spiro atoms. The lowest BCUT2D eigenvalue weighted by Gasteiger charge is -2.38. The summed E-state index contributed by atoms with van der Waals surface area (Å²) in [5, 5.41) is 12.3. The maximum absolute atomic E-state index is 14.2. The summed E-state index contributed by atoms with van der Waals surface area (Å²) in [6, 6.07) is 11.1. The molecule has 1 saturated heterocycles. The van der Waals surface area contributed by atoms with Crippen LogP contribution in [0.1, 0.15) is 43.2 Å². The van der Waals surface area contributed by atoms with Crippen molar-refractivity contribution in [3.63, 3.8) is 0 Å². The van der Waals surface area contributed by atoms with Crippen LogP contribution in [0.2, 0.25) is 0 Å². The first-order chi connectivity index (χ1) is 28.1. The van der Waals surface area contributed by atoms with E-state index in [2.05, 4.69) is 30.8 Å². The van der Waals surface area contributed by atoms with Crippen molar-refractivity contribution in [1.29, 1.82) is 0 Å². The topological polar surface area (TPSA) is 297 Å². The summed E-state index contributed by atoms with van der Waals surface area (Å²) in [6.07, 6.45) is 1.61. The van der Waals surface area contributed by atoms with E-state index in [1.54, 1.807) is 21.6 Å². The number of fused-ring (bicyclic) bond motifs is 1. The van der Waals surface area contributed by atoms with E-state index in [1.165, 1.54) is 19.4 Å². The van der Waals surface area contributed by atoms with Crippen LogP contribution in [0.5, 0.6) is 0 Å². The molecule has 3 aromatic rings. The molecule has 2 aromatic carbocycles. The summed E-state index contributed by atoms with van der Waals surface area (Å²) < 4.78 is 10.1. The van der Waals surface area contributed by atoms with Gasteiger partial charge >= 0.3 is 5.97 Å². The van der Waals surface area contributed by atoms with E-state index in [1.807, 2.05) is 42.5 Å². The van der Waals surface area contributed by atoms with Crippen molar-refractivity contribution < 1.29 is 47.6 Å². The van der Waals surface area contributed by atoms with Crippen molar-refractivity contribution in [2.24, 2.45) is 17.2 Å². The van der Waals surface area contributed by atoms with Gasteiger partial charge in [-0.1, -0.05) is 48.5 Å². The summed E-state index contributed by atoms with van der Waals surface area (Å²) in [6.45, 7) is -0.305. The van der Waals surface area contributed by atoms with Gasteiger partial charge in [0.05, 0.1) is 28.5 Å².